The molecule has 0 bridgehead atoms. The number of nitrogens with zero attached hydrogens (tertiary/aromatic N) is 2. The molecule has 5 nitrogen and oxygen atoms in total. The fraction of sp³-hybridized carbons (Fsp3) is 0.667. The summed E-state index contributed by atoms with van der Waals surface area (Å²) in [6.45, 7) is 12.0. The average Bonchev–Trinajstić information content (AvgIpc) is 2.62. The summed E-state index contributed by atoms with van der Waals surface area (Å²) in [6.07, 6.45) is 2.83. The van der Waals surface area contributed by atoms with Crippen molar-refractivity contribution in [3.8, 4) is 0 Å². The monoisotopic (exact) mass is 488 g/mol. The number of halogens is 1. The zero-order valence-corrected chi connectivity index (χ0v) is 19.4. The first-order chi connectivity index (χ1) is 12.6. The highest BCUT2D eigenvalue weighted by molar-refractivity contribution is 14.0. The Bertz CT molecular complexity index is 540. The van der Waals surface area contributed by atoms with Gasteiger partial charge in [0.25, 0.3) is 0 Å². The Labute approximate surface area is 182 Å². The molecule has 0 amide bonds. The summed E-state index contributed by atoms with van der Waals surface area (Å²) in [4.78, 5) is 7.11. The van der Waals surface area contributed by atoms with E-state index in [0.29, 0.717) is 12.5 Å². The third-order valence-corrected chi connectivity index (χ3v) is 4.76. The Morgan fingerprint density at radius 3 is 2.37 bits per heavy atom. The number of benzene rings is 1. The molecule has 0 radical (unpaired) electrons. The molecule has 0 saturated carbocycles. The standard InChI is InChI=1S/C21H36N4O.HI/c1-4-22-21(23-12-9-17(2)3)24-15-18-5-7-19(8-6-18)16-25-13-10-20(26)11-14-25;/h5-8,17,20,26H,4,9-16H2,1-3H3,(H2,22,23,24);1H. The van der Waals surface area contributed by atoms with Gasteiger partial charge < -0.3 is 15.7 Å². The molecular formula is C21H37IN4O. The lowest BCUT2D eigenvalue weighted by Crippen LogP contribution is -2.38. The van der Waals surface area contributed by atoms with Crippen molar-refractivity contribution in [3.05, 3.63) is 35.4 Å². The van der Waals surface area contributed by atoms with Crippen molar-refractivity contribution < 1.29 is 5.11 Å². The lowest BCUT2D eigenvalue weighted by molar-refractivity contribution is 0.0792. The van der Waals surface area contributed by atoms with Crippen molar-refractivity contribution in [1.82, 2.24) is 15.5 Å². The summed E-state index contributed by atoms with van der Waals surface area (Å²) in [7, 11) is 0. The van der Waals surface area contributed by atoms with Crippen molar-refractivity contribution in [2.45, 2.75) is 59.2 Å². The van der Waals surface area contributed by atoms with E-state index in [-0.39, 0.29) is 30.1 Å². The highest BCUT2D eigenvalue weighted by Gasteiger charge is 2.16. The van der Waals surface area contributed by atoms with E-state index in [9.17, 15) is 5.11 Å². The van der Waals surface area contributed by atoms with Crippen molar-refractivity contribution in [2.75, 3.05) is 26.2 Å². The van der Waals surface area contributed by atoms with E-state index in [1.54, 1.807) is 0 Å². The minimum Gasteiger partial charge on any atom is -0.393 e. The second kappa shape index (κ2) is 13.3. The molecule has 154 valence electrons. The third kappa shape index (κ3) is 9.76. The summed E-state index contributed by atoms with van der Waals surface area (Å²) < 4.78 is 0. The Kier molecular flexibility index (Phi) is 11.9. The van der Waals surface area contributed by atoms with Gasteiger partial charge in [0.2, 0.25) is 0 Å². The number of guanidine groups is 1. The van der Waals surface area contributed by atoms with Crippen LogP contribution in [0.4, 0.5) is 0 Å². The van der Waals surface area contributed by atoms with Gasteiger partial charge in [-0.2, -0.15) is 0 Å². The molecule has 27 heavy (non-hydrogen) atoms. The van der Waals surface area contributed by atoms with E-state index in [2.05, 4.69) is 60.6 Å². The smallest absolute Gasteiger partial charge is 0.191 e. The molecule has 6 heteroatoms. The molecule has 1 aliphatic heterocycles. The second-order valence-electron chi connectivity index (χ2n) is 7.63. The molecule has 1 aliphatic rings. The minimum atomic E-state index is -0.105. The van der Waals surface area contributed by atoms with Gasteiger partial charge in [-0.1, -0.05) is 38.1 Å². The van der Waals surface area contributed by atoms with Gasteiger partial charge in [0.05, 0.1) is 12.6 Å². The zero-order chi connectivity index (χ0) is 18.8. The topological polar surface area (TPSA) is 59.9 Å². The van der Waals surface area contributed by atoms with Crippen molar-refractivity contribution >= 4 is 29.9 Å². The zero-order valence-electron chi connectivity index (χ0n) is 17.1. The molecule has 2 rings (SSSR count). The van der Waals surface area contributed by atoms with Crippen LogP contribution in [-0.4, -0.2) is 48.2 Å². The minimum absolute atomic E-state index is 0. The molecule has 0 aromatic heterocycles. The van der Waals surface area contributed by atoms with Crippen molar-refractivity contribution in [2.24, 2.45) is 10.9 Å². The van der Waals surface area contributed by atoms with Gasteiger partial charge in [-0.25, -0.2) is 4.99 Å². The molecule has 3 N–H and O–H groups in total. The maximum Gasteiger partial charge on any atom is 0.191 e. The lowest BCUT2D eigenvalue weighted by Gasteiger charge is -2.29. The van der Waals surface area contributed by atoms with E-state index in [0.717, 1.165) is 57.9 Å². The molecule has 1 aromatic carbocycles. The first-order valence-electron chi connectivity index (χ1n) is 10.1. The van der Waals surface area contributed by atoms with Gasteiger partial charge in [0.15, 0.2) is 5.96 Å². The fourth-order valence-electron chi connectivity index (χ4n) is 3.08. The van der Waals surface area contributed by atoms with E-state index < -0.39 is 0 Å². The highest BCUT2D eigenvalue weighted by Crippen LogP contribution is 2.14. The average molecular weight is 488 g/mol. The number of piperidine rings is 1. The highest BCUT2D eigenvalue weighted by atomic mass is 127. The lowest BCUT2D eigenvalue weighted by atomic mass is 10.1. The van der Waals surface area contributed by atoms with Crippen LogP contribution in [0.3, 0.4) is 0 Å². The predicted octanol–water partition coefficient (Wildman–Crippen LogP) is 3.36. The number of nitrogens with one attached hydrogen (secondary N) is 2. The van der Waals surface area contributed by atoms with Crippen LogP contribution in [-0.2, 0) is 13.1 Å². The number of rotatable bonds is 8. The first-order valence-corrected chi connectivity index (χ1v) is 10.1. The van der Waals surface area contributed by atoms with Crippen LogP contribution in [0.25, 0.3) is 0 Å². The van der Waals surface area contributed by atoms with E-state index in [4.69, 9.17) is 4.99 Å². The summed E-state index contributed by atoms with van der Waals surface area (Å²) in [5.74, 6) is 1.59. The van der Waals surface area contributed by atoms with Crippen LogP contribution in [0, 0.1) is 5.92 Å². The number of aliphatic hydroxyl groups excluding tert-OH is 1. The van der Waals surface area contributed by atoms with Crippen LogP contribution < -0.4 is 10.6 Å². The van der Waals surface area contributed by atoms with Gasteiger partial charge in [-0.3, -0.25) is 4.90 Å². The summed E-state index contributed by atoms with van der Waals surface area (Å²) in [6, 6.07) is 8.76. The molecule has 1 saturated heterocycles. The van der Waals surface area contributed by atoms with Crippen molar-refractivity contribution in [1.29, 1.82) is 0 Å². The normalized spacial score (nSPS) is 16.3. The summed E-state index contributed by atoms with van der Waals surface area (Å²) in [5.41, 5.74) is 2.56. The maximum atomic E-state index is 9.60. The Morgan fingerprint density at radius 2 is 1.78 bits per heavy atom. The number of hydrogen-bond acceptors (Lipinski definition) is 3. The quantitative estimate of drug-likeness (QED) is 0.299. The number of aliphatic imine (C=N–C) groups is 1. The van der Waals surface area contributed by atoms with E-state index in [1.807, 2.05) is 0 Å². The molecule has 1 heterocycles. The van der Waals surface area contributed by atoms with Crippen LogP contribution in [0.15, 0.2) is 29.3 Å². The molecule has 0 spiro atoms. The largest absolute Gasteiger partial charge is 0.393 e. The van der Waals surface area contributed by atoms with E-state index >= 15 is 0 Å². The molecular weight excluding hydrogens is 451 g/mol. The van der Waals surface area contributed by atoms with Gasteiger partial charge in [0, 0.05) is 32.7 Å². The van der Waals surface area contributed by atoms with Crippen LogP contribution in [0.1, 0.15) is 51.2 Å². The fourth-order valence-corrected chi connectivity index (χ4v) is 3.08. The summed E-state index contributed by atoms with van der Waals surface area (Å²) in [5, 5.41) is 16.3. The molecule has 1 aromatic rings. The number of likely N-dealkylation sites (tertiary alicyclic amines) is 1. The molecule has 1 fully saturated rings. The Hall–Kier alpha value is -0.860. The second-order valence-corrected chi connectivity index (χ2v) is 7.63. The van der Waals surface area contributed by atoms with Crippen LogP contribution in [0.2, 0.25) is 0 Å². The van der Waals surface area contributed by atoms with Gasteiger partial charge in [0.1, 0.15) is 0 Å². The van der Waals surface area contributed by atoms with E-state index in [1.165, 1.54) is 11.1 Å². The third-order valence-electron chi connectivity index (χ3n) is 4.76. The van der Waals surface area contributed by atoms with Gasteiger partial charge in [-0.15, -0.1) is 24.0 Å². The number of hydrogen-bond donors (Lipinski definition) is 3. The molecule has 0 unspecified atom stereocenters. The Balaban J connectivity index is 0.00000364. The Morgan fingerprint density at radius 1 is 1.15 bits per heavy atom. The van der Waals surface area contributed by atoms with Gasteiger partial charge >= 0.3 is 0 Å². The molecule has 0 atom stereocenters. The van der Waals surface area contributed by atoms with Crippen molar-refractivity contribution in [3.63, 3.8) is 0 Å². The van der Waals surface area contributed by atoms with Crippen LogP contribution in [0.5, 0.6) is 0 Å². The predicted molar refractivity (Wildman–Crippen MR) is 125 cm³/mol. The van der Waals surface area contributed by atoms with Gasteiger partial charge in [-0.05, 0) is 43.2 Å². The SMILES string of the molecule is CCNC(=NCc1ccc(CN2CCC(O)CC2)cc1)NCCC(C)C.I. The van der Waals surface area contributed by atoms with Crippen LogP contribution >= 0.6 is 24.0 Å². The summed E-state index contributed by atoms with van der Waals surface area (Å²) >= 11 is 0. The first kappa shape index (κ1) is 24.2. The molecule has 0 aliphatic carbocycles. The number of aliphatic hydroxyl groups is 1. The maximum absolute atomic E-state index is 9.60.